The van der Waals surface area contributed by atoms with Gasteiger partial charge in [-0.3, -0.25) is 4.79 Å². The summed E-state index contributed by atoms with van der Waals surface area (Å²) in [6.07, 6.45) is 3.79. The van der Waals surface area contributed by atoms with Crippen molar-refractivity contribution in [3.63, 3.8) is 0 Å². The summed E-state index contributed by atoms with van der Waals surface area (Å²) in [6, 6.07) is 12.6. The third kappa shape index (κ3) is 4.67. The molecule has 1 aromatic carbocycles. The molecule has 26 heavy (non-hydrogen) atoms. The van der Waals surface area contributed by atoms with Gasteiger partial charge in [-0.25, -0.2) is 4.98 Å². The minimum absolute atomic E-state index is 0.0434. The number of fused-ring (bicyclic) bond motifs is 1. The Balaban J connectivity index is 1.71. The van der Waals surface area contributed by atoms with E-state index >= 15 is 0 Å². The van der Waals surface area contributed by atoms with Crippen LogP contribution < -0.4 is 5.32 Å². The van der Waals surface area contributed by atoms with E-state index in [0.717, 1.165) is 21.7 Å². The van der Waals surface area contributed by atoms with E-state index in [1.54, 1.807) is 11.8 Å². The summed E-state index contributed by atoms with van der Waals surface area (Å²) in [5.41, 5.74) is 3.60. The van der Waals surface area contributed by atoms with Crippen molar-refractivity contribution in [2.24, 2.45) is 5.92 Å². The van der Waals surface area contributed by atoms with Crippen molar-refractivity contribution in [2.45, 2.75) is 38.1 Å². The number of aromatic nitrogens is 2. The van der Waals surface area contributed by atoms with E-state index in [4.69, 9.17) is 0 Å². The van der Waals surface area contributed by atoms with Gasteiger partial charge in [-0.15, -0.1) is 11.8 Å². The van der Waals surface area contributed by atoms with Crippen LogP contribution in [0.3, 0.4) is 0 Å². The van der Waals surface area contributed by atoms with E-state index in [0.29, 0.717) is 19.0 Å². The van der Waals surface area contributed by atoms with Gasteiger partial charge in [-0.2, -0.15) is 0 Å². The van der Waals surface area contributed by atoms with Crippen LogP contribution in [0.5, 0.6) is 0 Å². The molecule has 1 amide bonds. The topological polar surface area (TPSA) is 46.9 Å². The Morgan fingerprint density at radius 3 is 2.69 bits per heavy atom. The zero-order valence-corrected chi connectivity index (χ0v) is 16.3. The molecule has 3 aromatic rings. The lowest BCUT2D eigenvalue weighted by Crippen LogP contribution is -2.30. The third-order valence-corrected chi connectivity index (χ3v) is 5.26. The van der Waals surface area contributed by atoms with Crippen molar-refractivity contribution < 1.29 is 4.79 Å². The molecular formula is C21H25N3OS. The fourth-order valence-corrected chi connectivity index (χ4v) is 3.67. The molecule has 2 aromatic heterocycles. The van der Waals surface area contributed by atoms with Crippen molar-refractivity contribution in [2.75, 3.05) is 6.54 Å². The normalized spacial score (nSPS) is 11.2. The molecule has 4 nitrogen and oxygen atoms in total. The molecule has 0 aliphatic heterocycles. The van der Waals surface area contributed by atoms with Gasteiger partial charge in [0.2, 0.25) is 5.91 Å². The number of amides is 1. The molecule has 0 spiro atoms. The highest BCUT2D eigenvalue weighted by atomic mass is 32.2. The fraction of sp³-hybridized carbons (Fsp3) is 0.333. The van der Waals surface area contributed by atoms with Crippen LogP contribution in [0.1, 0.15) is 25.0 Å². The first-order valence-corrected chi connectivity index (χ1v) is 9.90. The lowest BCUT2D eigenvalue weighted by atomic mass is 10.2. The number of nitrogens with zero attached hydrogens (tertiary/aromatic N) is 2. The molecule has 136 valence electrons. The molecule has 0 unspecified atom stereocenters. The summed E-state index contributed by atoms with van der Waals surface area (Å²) in [7, 11) is 0. The number of hydrogen-bond acceptors (Lipinski definition) is 3. The minimum Gasteiger partial charge on any atom is -0.354 e. The molecule has 0 saturated heterocycles. The van der Waals surface area contributed by atoms with E-state index in [2.05, 4.69) is 61.4 Å². The van der Waals surface area contributed by atoms with Crippen LogP contribution in [0.25, 0.3) is 10.9 Å². The predicted octanol–water partition coefficient (Wildman–Crippen LogP) is 4.41. The zero-order chi connectivity index (χ0) is 18.5. The highest BCUT2D eigenvalue weighted by Gasteiger charge is 2.10. The van der Waals surface area contributed by atoms with Crippen LogP contribution in [0.15, 0.2) is 53.8 Å². The summed E-state index contributed by atoms with van der Waals surface area (Å²) in [5, 5.41) is 5.07. The number of aryl methyl sites for hydroxylation is 1. The first-order chi connectivity index (χ1) is 12.5. The highest BCUT2D eigenvalue weighted by molar-refractivity contribution is 7.98. The van der Waals surface area contributed by atoms with Crippen LogP contribution in [0.4, 0.5) is 0 Å². The molecule has 0 atom stereocenters. The average Bonchev–Trinajstić information content (AvgIpc) is 3.03. The van der Waals surface area contributed by atoms with Crippen molar-refractivity contribution in [3.05, 3.63) is 59.9 Å². The molecule has 1 N–H and O–H groups in total. The van der Waals surface area contributed by atoms with Crippen LogP contribution in [-0.2, 0) is 17.1 Å². The predicted molar refractivity (Wildman–Crippen MR) is 108 cm³/mol. The van der Waals surface area contributed by atoms with Gasteiger partial charge >= 0.3 is 0 Å². The Bertz CT molecular complexity index is 884. The van der Waals surface area contributed by atoms with Gasteiger partial charge < -0.3 is 9.88 Å². The Morgan fingerprint density at radius 1 is 1.19 bits per heavy atom. The molecule has 3 rings (SSSR count). The Hall–Kier alpha value is -2.27. The summed E-state index contributed by atoms with van der Waals surface area (Å²) in [5.74, 6) is 1.38. The molecule has 0 aliphatic carbocycles. The van der Waals surface area contributed by atoms with Crippen LogP contribution >= 0.6 is 11.8 Å². The van der Waals surface area contributed by atoms with Gasteiger partial charge in [0.25, 0.3) is 0 Å². The summed E-state index contributed by atoms with van der Waals surface area (Å²) < 4.78 is 1.99. The number of pyridine rings is 1. The van der Waals surface area contributed by atoms with Crippen LogP contribution in [0, 0.1) is 12.8 Å². The summed E-state index contributed by atoms with van der Waals surface area (Å²) in [4.78, 5) is 16.7. The maximum absolute atomic E-state index is 12.1. The zero-order valence-electron chi connectivity index (χ0n) is 15.5. The molecule has 5 heteroatoms. The van der Waals surface area contributed by atoms with E-state index in [1.807, 2.05) is 23.0 Å². The monoisotopic (exact) mass is 367 g/mol. The van der Waals surface area contributed by atoms with Crippen molar-refractivity contribution in [1.82, 2.24) is 14.9 Å². The molecule has 0 aliphatic rings. The second-order valence-electron chi connectivity index (χ2n) is 6.96. The maximum Gasteiger partial charge on any atom is 0.239 e. The Morgan fingerprint density at radius 2 is 1.96 bits per heavy atom. The van der Waals surface area contributed by atoms with E-state index in [1.165, 1.54) is 11.1 Å². The standard InChI is InChI=1S/C21H25N3OS/c1-15(2)12-23-20(25)13-24-11-9-18-19(24)8-10-22-21(18)26-14-17-6-4-16(3)5-7-17/h4-11,15H,12-14H2,1-3H3,(H,23,25). The fourth-order valence-electron chi connectivity index (χ4n) is 2.71. The lowest BCUT2D eigenvalue weighted by molar-refractivity contribution is -0.121. The first kappa shape index (κ1) is 18.5. The molecule has 2 heterocycles. The largest absolute Gasteiger partial charge is 0.354 e. The second-order valence-corrected chi connectivity index (χ2v) is 7.93. The van der Waals surface area contributed by atoms with Gasteiger partial charge in [-0.05, 0) is 30.5 Å². The van der Waals surface area contributed by atoms with Gasteiger partial charge in [0, 0.05) is 30.1 Å². The van der Waals surface area contributed by atoms with Gasteiger partial charge in [-0.1, -0.05) is 43.7 Å². The van der Waals surface area contributed by atoms with E-state index in [9.17, 15) is 4.79 Å². The third-order valence-electron chi connectivity index (χ3n) is 4.18. The molecule has 0 bridgehead atoms. The number of carbonyl (C=O) groups excluding carboxylic acids is 1. The van der Waals surface area contributed by atoms with Crippen molar-refractivity contribution >= 4 is 28.6 Å². The van der Waals surface area contributed by atoms with Crippen LogP contribution in [-0.4, -0.2) is 22.0 Å². The number of thioether (sulfide) groups is 1. The number of carbonyl (C=O) groups is 1. The van der Waals surface area contributed by atoms with Crippen molar-refractivity contribution in [3.8, 4) is 0 Å². The number of rotatable bonds is 7. The Kier molecular flexibility index (Phi) is 5.99. The van der Waals surface area contributed by atoms with Crippen molar-refractivity contribution in [1.29, 1.82) is 0 Å². The smallest absolute Gasteiger partial charge is 0.239 e. The van der Waals surface area contributed by atoms with Gasteiger partial charge in [0.05, 0.1) is 5.52 Å². The molecular weight excluding hydrogens is 342 g/mol. The van der Waals surface area contributed by atoms with E-state index in [-0.39, 0.29) is 5.91 Å². The Labute approximate surface area is 159 Å². The van der Waals surface area contributed by atoms with Gasteiger partial charge in [0.1, 0.15) is 11.6 Å². The summed E-state index contributed by atoms with van der Waals surface area (Å²) >= 11 is 1.73. The quantitative estimate of drug-likeness (QED) is 0.629. The molecule has 0 saturated carbocycles. The van der Waals surface area contributed by atoms with Gasteiger partial charge in [0.15, 0.2) is 0 Å². The molecule has 0 fully saturated rings. The molecule has 0 radical (unpaired) electrons. The average molecular weight is 368 g/mol. The SMILES string of the molecule is Cc1ccc(CSc2nccc3c2ccn3CC(=O)NCC(C)C)cc1. The second kappa shape index (κ2) is 8.41. The summed E-state index contributed by atoms with van der Waals surface area (Å²) in [6.45, 7) is 7.32. The maximum atomic E-state index is 12.1. The minimum atomic E-state index is 0.0434. The first-order valence-electron chi connectivity index (χ1n) is 8.92. The number of hydrogen-bond donors (Lipinski definition) is 1. The van der Waals surface area contributed by atoms with Crippen LogP contribution in [0.2, 0.25) is 0 Å². The van der Waals surface area contributed by atoms with E-state index < -0.39 is 0 Å². The number of nitrogens with one attached hydrogen (secondary N) is 1. The number of benzene rings is 1. The highest BCUT2D eigenvalue weighted by Crippen LogP contribution is 2.29. The lowest BCUT2D eigenvalue weighted by Gasteiger charge is -2.09.